The van der Waals surface area contributed by atoms with E-state index in [4.69, 9.17) is 4.74 Å². The molecule has 0 heterocycles. The van der Waals surface area contributed by atoms with Gasteiger partial charge >= 0.3 is 12.3 Å². The minimum atomic E-state index is -4.35. The molecule has 130 valence electrons. The number of carbonyl (C=O) groups is 1. The highest BCUT2D eigenvalue weighted by molar-refractivity contribution is 5.68. The number of amides is 1. The Balaban J connectivity index is 2.41. The first-order valence-corrected chi connectivity index (χ1v) is 7.34. The van der Waals surface area contributed by atoms with E-state index in [1.165, 1.54) is 6.07 Å². The molecule has 1 aromatic carbocycles. The predicted molar refractivity (Wildman–Crippen MR) is 82.0 cm³/mol. The standard InChI is InChI=1S/C16H23F3N2O2/c1-11(21-14(22)23-15(2,3)4)9-20-10-12-6-5-7-13(8-12)16(17,18)19/h5-8,11,20H,9-10H2,1-4H3,(H,21,22). The molecule has 1 amide bonds. The van der Waals surface area contributed by atoms with Crippen LogP contribution in [-0.4, -0.2) is 24.3 Å². The number of alkyl carbamates (subject to hydrolysis) is 1. The normalized spacial score (nSPS) is 13.5. The van der Waals surface area contributed by atoms with Crippen LogP contribution in [0.25, 0.3) is 0 Å². The van der Waals surface area contributed by atoms with Crippen LogP contribution in [0, 0.1) is 0 Å². The van der Waals surface area contributed by atoms with Crippen molar-refractivity contribution in [1.82, 2.24) is 10.6 Å². The number of alkyl halides is 3. The summed E-state index contributed by atoms with van der Waals surface area (Å²) >= 11 is 0. The number of halogens is 3. The minimum Gasteiger partial charge on any atom is -0.444 e. The molecule has 1 atom stereocenters. The lowest BCUT2D eigenvalue weighted by Crippen LogP contribution is -2.42. The summed E-state index contributed by atoms with van der Waals surface area (Å²) in [6, 6.07) is 4.93. The summed E-state index contributed by atoms with van der Waals surface area (Å²) in [4.78, 5) is 11.6. The SMILES string of the molecule is CC(CNCc1cccc(C(F)(F)F)c1)NC(=O)OC(C)(C)C. The summed E-state index contributed by atoms with van der Waals surface area (Å²) in [6.45, 7) is 7.78. The Morgan fingerprint density at radius 3 is 2.48 bits per heavy atom. The van der Waals surface area contributed by atoms with Gasteiger partial charge in [0.25, 0.3) is 0 Å². The summed E-state index contributed by atoms with van der Waals surface area (Å²) < 4.78 is 43.0. The molecule has 7 heteroatoms. The number of ether oxygens (including phenoxy) is 1. The van der Waals surface area contributed by atoms with E-state index < -0.39 is 23.4 Å². The van der Waals surface area contributed by atoms with Crippen molar-refractivity contribution in [2.24, 2.45) is 0 Å². The summed E-state index contributed by atoms with van der Waals surface area (Å²) in [7, 11) is 0. The predicted octanol–water partition coefficient (Wildman–Crippen LogP) is 3.71. The third-order valence-electron chi connectivity index (χ3n) is 2.80. The quantitative estimate of drug-likeness (QED) is 0.864. The van der Waals surface area contributed by atoms with Crippen molar-refractivity contribution in [3.63, 3.8) is 0 Å². The van der Waals surface area contributed by atoms with E-state index in [1.807, 2.05) is 0 Å². The van der Waals surface area contributed by atoms with Gasteiger partial charge in [-0.05, 0) is 39.3 Å². The Hall–Kier alpha value is -1.76. The maximum Gasteiger partial charge on any atom is 0.416 e. The minimum absolute atomic E-state index is 0.212. The zero-order valence-corrected chi connectivity index (χ0v) is 13.8. The molecule has 4 nitrogen and oxygen atoms in total. The van der Waals surface area contributed by atoms with Gasteiger partial charge in [-0.1, -0.05) is 18.2 Å². The lowest BCUT2D eigenvalue weighted by Gasteiger charge is -2.22. The highest BCUT2D eigenvalue weighted by atomic mass is 19.4. The maximum atomic E-state index is 12.6. The van der Waals surface area contributed by atoms with E-state index in [2.05, 4.69) is 10.6 Å². The van der Waals surface area contributed by atoms with E-state index in [0.29, 0.717) is 12.1 Å². The maximum absolute atomic E-state index is 12.6. The van der Waals surface area contributed by atoms with Crippen molar-refractivity contribution in [1.29, 1.82) is 0 Å². The van der Waals surface area contributed by atoms with Crippen LogP contribution >= 0.6 is 0 Å². The molecule has 0 bridgehead atoms. The third kappa shape index (κ3) is 7.88. The molecule has 0 saturated carbocycles. The van der Waals surface area contributed by atoms with Crippen LogP contribution in [0.4, 0.5) is 18.0 Å². The zero-order valence-electron chi connectivity index (χ0n) is 13.8. The Labute approximate surface area is 134 Å². The van der Waals surface area contributed by atoms with Gasteiger partial charge in [0, 0.05) is 19.1 Å². The van der Waals surface area contributed by atoms with Crippen LogP contribution in [0.1, 0.15) is 38.8 Å². The molecule has 0 fully saturated rings. The van der Waals surface area contributed by atoms with Crippen molar-refractivity contribution in [3.8, 4) is 0 Å². The molecule has 0 aliphatic carbocycles. The largest absolute Gasteiger partial charge is 0.444 e. The molecular formula is C16H23F3N2O2. The van der Waals surface area contributed by atoms with Gasteiger partial charge in [-0.25, -0.2) is 4.79 Å². The molecule has 23 heavy (non-hydrogen) atoms. The molecule has 0 aliphatic rings. The van der Waals surface area contributed by atoms with Gasteiger partial charge in [-0.3, -0.25) is 0 Å². The molecule has 0 aromatic heterocycles. The van der Waals surface area contributed by atoms with E-state index in [1.54, 1.807) is 33.8 Å². The van der Waals surface area contributed by atoms with Gasteiger partial charge in [0.05, 0.1) is 5.56 Å². The Bertz CT molecular complexity index is 525. The molecule has 0 saturated heterocycles. The Kier molecular flexibility index (Phi) is 6.44. The first-order chi connectivity index (χ1) is 10.5. The Morgan fingerprint density at radius 2 is 1.91 bits per heavy atom. The molecular weight excluding hydrogens is 309 g/mol. The summed E-state index contributed by atoms with van der Waals surface area (Å²) in [5, 5.41) is 5.67. The number of hydrogen-bond acceptors (Lipinski definition) is 3. The van der Waals surface area contributed by atoms with Crippen molar-refractivity contribution < 1.29 is 22.7 Å². The van der Waals surface area contributed by atoms with Crippen LogP contribution in [0.5, 0.6) is 0 Å². The second kappa shape index (κ2) is 7.68. The van der Waals surface area contributed by atoms with Gasteiger partial charge in [-0.15, -0.1) is 0 Å². The van der Waals surface area contributed by atoms with Crippen molar-refractivity contribution in [2.75, 3.05) is 6.54 Å². The van der Waals surface area contributed by atoms with Crippen LogP contribution in [0.2, 0.25) is 0 Å². The fourth-order valence-corrected chi connectivity index (χ4v) is 1.85. The molecule has 0 radical (unpaired) electrons. The fourth-order valence-electron chi connectivity index (χ4n) is 1.85. The Morgan fingerprint density at radius 1 is 1.26 bits per heavy atom. The van der Waals surface area contributed by atoms with Crippen molar-refractivity contribution in [2.45, 2.75) is 52.1 Å². The van der Waals surface area contributed by atoms with Gasteiger partial charge in [-0.2, -0.15) is 13.2 Å². The number of carbonyl (C=O) groups excluding carboxylic acids is 1. The van der Waals surface area contributed by atoms with Crippen LogP contribution in [-0.2, 0) is 17.5 Å². The number of hydrogen-bond donors (Lipinski definition) is 2. The third-order valence-corrected chi connectivity index (χ3v) is 2.80. The smallest absolute Gasteiger partial charge is 0.416 e. The molecule has 1 unspecified atom stereocenters. The topological polar surface area (TPSA) is 50.4 Å². The highest BCUT2D eigenvalue weighted by Crippen LogP contribution is 2.29. The highest BCUT2D eigenvalue weighted by Gasteiger charge is 2.30. The van der Waals surface area contributed by atoms with Crippen molar-refractivity contribution in [3.05, 3.63) is 35.4 Å². The second-order valence-electron chi connectivity index (χ2n) is 6.38. The first kappa shape index (κ1) is 19.3. The van der Waals surface area contributed by atoms with Gasteiger partial charge < -0.3 is 15.4 Å². The number of benzene rings is 1. The first-order valence-electron chi connectivity index (χ1n) is 7.34. The monoisotopic (exact) mass is 332 g/mol. The molecule has 2 N–H and O–H groups in total. The van der Waals surface area contributed by atoms with E-state index >= 15 is 0 Å². The van der Waals surface area contributed by atoms with E-state index in [0.717, 1.165) is 12.1 Å². The molecule has 0 aliphatic heterocycles. The van der Waals surface area contributed by atoms with E-state index in [9.17, 15) is 18.0 Å². The number of nitrogens with one attached hydrogen (secondary N) is 2. The fraction of sp³-hybridized carbons (Fsp3) is 0.562. The van der Waals surface area contributed by atoms with Crippen molar-refractivity contribution >= 4 is 6.09 Å². The van der Waals surface area contributed by atoms with Crippen LogP contribution in [0.15, 0.2) is 24.3 Å². The molecule has 1 rings (SSSR count). The number of rotatable bonds is 5. The zero-order chi connectivity index (χ0) is 17.7. The average Bonchev–Trinajstić information content (AvgIpc) is 2.35. The van der Waals surface area contributed by atoms with E-state index in [-0.39, 0.29) is 12.6 Å². The second-order valence-corrected chi connectivity index (χ2v) is 6.38. The average molecular weight is 332 g/mol. The summed E-state index contributed by atoms with van der Waals surface area (Å²) in [5.41, 5.74) is -0.712. The molecule has 0 spiro atoms. The molecule has 1 aromatic rings. The lowest BCUT2D eigenvalue weighted by molar-refractivity contribution is -0.137. The van der Waals surface area contributed by atoms with Crippen LogP contribution in [0.3, 0.4) is 0 Å². The summed E-state index contributed by atoms with van der Waals surface area (Å²) in [6.07, 6.45) is -4.87. The summed E-state index contributed by atoms with van der Waals surface area (Å²) in [5.74, 6) is 0. The van der Waals surface area contributed by atoms with Gasteiger partial charge in [0.2, 0.25) is 0 Å². The van der Waals surface area contributed by atoms with Crippen LogP contribution < -0.4 is 10.6 Å². The van der Waals surface area contributed by atoms with Gasteiger partial charge in [0.1, 0.15) is 5.60 Å². The van der Waals surface area contributed by atoms with Gasteiger partial charge in [0.15, 0.2) is 0 Å². The lowest BCUT2D eigenvalue weighted by atomic mass is 10.1.